The topological polar surface area (TPSA) is 58.2 Å². The molecule has 2 N–H and O–H groups in total. The van der Waals surface area contributed by atoms with E-state index in [-0.39, 0.29) is 17.4 Å². The Morgan fingerprint density at radius 2 is 1.88 bits per heavy atom. The van der Waals surface area contributed by atoms with Crippen LogP contribution in [0.2, 0.25) is 0 Å². The molecule has 0 radical (unpaired) electrons. The van der Waals surface area contributed by atoms with E-state index >= 15 is 0 Å². The summed E-state index contributed by atoms with van der Waals surface area (Å²) in [7, 11) is 0. The van der Waals surface area contributed by atoms with Crippen LogP contribution >= 0.6 is 11.3 Å². The van der Waals surface area contributed by atoms with Crippen LogP contribution in [-0.2, 0) is 10.3 Å². The Labute approximate surface area is 146 Å². The molecule has 5 heteroatoms. The summed E-state index contributed by atoms with van der Waals surface area (Å²) in [4.78, 5) is 24.8. The highest BCUT2D eigenvalue weighted by Gasteiger charge is 2.39. The van der Waals surface area contributed by atoms with Gasteiger partial charge in [0, 0.05) is 13.0 Å². The first kappa shape index (κ1) is 16.7. The lowest BCUT2D eigenvalue weighted by molar-refractivity contribution is -0.124. The van der Waals surface area contributed by atoms with Crippen molar-refractivity contribution < 1.29 is 9.59 Å². The van der Waals surface area contributed by atoms with Crippen molar-refractivity contribution in [3.8, 4) is 0 Å². The molecular weight excluding hydrogens is 320 g/mol. The predicted octanol–water partition coefficient (Wildman–Crippen LogP) is 3.45. The minimum Gasteiger partial charge on any atom is -0.351 e. The molecule has 0 unspecified atom stereocenters. The van der Waals surface area contributed by atoms with Crippen molar-refractivity contribution in [2.45, 2.75) is 37.6 Å². The molecule has 24 heavy (non-hydrogen) atoms. The summed E-state index contributed by atoms with van der Waals surface area (Å²) in [6, 6.07) is 13.8. The fraction of sp³-hybridized carbons (Fsp3) is 0.368. The summed E-state index contributed by atoms with van der Waals surface area (Å²) in [5.41, 5.74) is 1.01. The van der Waals surface area contributed by atoms with E-state index in [2.05, 4.69) is 22.8 Å². The molecule has 0 aliphatic heterocycles. The van der Waals surface area contributed by atoms with Crippen LogP contribution in [0, 0.1) is 0 Å². The van der Waals surface area contributed by atoms with Gasteiger partial charge in [-0.3, -0.25) is 9.59 Å². The van der Waals surface area contributed by atoms with Crippen molar-refractivity contribution in [2.24, 2.45) is 0 Å². The maximum Gasteiger partial charge on any atom is 0.261 e. The summed E-state index contributed by atoms with van der Waals surface area (Å²) in [6.07, 6.45) is 4.22. The second-order valence-electron chi connectivity index (χ2n) is 6.19. The zero-order valence-electron chi connectivity index (χ0n) is 13.6. The highest BCUT2D eigenvalue weighted by Crippen LogP contribution is 2.41. The van der Waals surface area contributed by atoms with Crippen molar-refractivity contribution in [3.63, 3.8) is 0 Å². The van der Waals surface area contributed by atoms with Gasteiger partial charge in [0.2, 0.25) is 5.91 Å². The second-order valence-corrected chi connectivity index (χ2v) is 7.13. The van der Waals surface area contributed by atoms with Gasteiger partial charge in [-0.15, -0.1) is 11.3 Å². The molecule has 1 heterocycles. The number of hydrogen-bond donors (Lipinski definition) is 2. The molecule has 1 saturated carbocycles. The van der Waals surface area contributed by atoms with Gasteiger partial charge in [-0.2, -0.15) is 0 Å². The smallest absolute Gasteiger partial charge is 0.261 e. The van der Waals surface area contributed by atoms with Gasteiger partial charge in [-0.1, -0.05) is 36.4 Å². The van der Waals surface area contributed by atoms with Gasteiger partial charge in [-0.05, 0) is 42.7 Å². The number of carbonyl (C=O) groups is 2. The Hall–Kier alpha value is -2.14. The van der Waals surface area contributed by atoms with E-state index in [0.717, 1.165) is 19.3 Å². The molecule has 0 spiro atoms. The normalized spacial score (nSPS) is 15.3. The Morgan fingerprint density at radius 1 is 1.08 bits per heavy atom. The minimum absolute atomic E-state index is 0.0592. The first-order valence-corrected chi connectivity index (χ1v) is 9.26. The molecule has 0 atom stereocenters. The summed E-state index contributed by atoms with van der Waals surface area (Å²) < 4.78 is 0. The number of nitrogens with one attached hydrogen (secondary N) is 2. The number of benzene rings is 1. The van der Waals surface area contributed by atoms with Crippen molar-refractivity contribution >= 4 is 23.2 Å². The van der Waals surface area contributed by atoms with Crippen LogP contribution in [0.3, 0.4) is 0 Å². The van der Waals surface area contributed by atoms with E-state index < -0.39 is 0 Å². The molecular formula is C19H22N2O2S. The van der Waals surface area contributed by atoms with E-state index in [1.54, 1.807) is 6.07 Å². The Morgan fingerprint density at radius 3 is 2.50 bits per heavy atom. The van der Waals surface area contributed by atoms with Crippen LogP contribution in [0.25, 0.3) is 0 Å². The quantitative estimate of drug-likeness (QED) is 0.757. The van der Waals surface area contributed by atoms with E-state index in [9.17, 15) is 9.59 Å². The third-order valence-electron chi connectivity index (χ3n) is 4.52. The lowest BCUT2D eigenvalue weighted by atomic mass is 9.71. The van der Waals surface area contributed by atoms with Crippen LogP contribution in [0.15, 0.2) is 47.8 Å². The fourth-order valence-corrected chi connectivity index (χ4v) is 3.69. The maximum absolute atomic E-state index is 12.3. The first-order valence-electron chi connectivity index (χ1n) is 8.38. The molecule has 1 aromatic heterocycles. The molecule has 1 fully saturated rings. The van der Waals surface area contributed by atoms with Gasteiger partial charge in [-0.25, -0.2) is 0 Å². The van der Waals surface area contributed by atoms with Gasteiger partial charge in [0.15, 0.2) is 0 Å². The SMILES string of the molecule is O=C(CCCNC(=O)c1cccs1)NC1(c2ccccc2)CCC1. The van der Waals surface area contributed by atoms with Crippen molar-refractivity contribution in [2.75, 3.05) is 6.54 Å². The van der Waals surface area contributed by atoms with Gasteiger partial charge in [0.25, 0.3) is 5.91 Å². The van der Waals surface area contributed by atoms with Gasteiger partial charge < -0.3 is 10.6 Å². The molecule has 1 aliphatic carbocycles. The van der Waals surface area contributed by atoms with Crippen LogP contribution in [0.1, 0.15) is 47.3 Å². The molecule has 1 aromatic carbocycles. The van der Waals surface area contributed by atoms with Gasteiger partial charge in [0.05, 0.1) is 10.4 Å². The van der Waals surface area contributed by atoms with E-state index in [1.807, 2.05) is 29.6 Å². The van der Waals surface area contributed by atoms with E-state index in [0.29, 0.717) is 24.3 Å². The molecule has 4 nitrogen and oxygen atoms in total. The van der Waals surface area contributed by atoms with Crippen molar-refractivity contribution in [1.82, 2.24) is 10.6 Å². The lowest BCUT2D eigenvalue weighted by Crippen LogP contribution is -2.50. The standard InChI is InChI=1S/C19H22N2O2S/c22-17(10-4-13-20-18(23)16-9-5-14-24-16)21-19(11-6-12-19)15-7-2-1-3-8-15/h1-3,5,7-9,14H,4,6,10-13H2,(H,20,23)(H,21,22). The van der Waals surface area contributed by atoms with E-state index in [1.165, 1.54) is 16.9 Å². The highest BCUT2D eigenvalue weighted by atomic mass is 32.1. The molecule has 126 valence electrons. The Balaban J connectivity index is 1.43. The summed E-state index contributed by atoms with van der Waals surface area (Å²) in [6.45, 7) is 0.516. The Bertz CT molecular complexity index is 679. The highest BCUT2D eigenvalue weighted by molar-refractivity contribution is 7.12. The molecule has 1 aliphatic rings. The number of amides is 2. The molecule has 0 bridgehead atoms. The van der Waals surface area contributed by atoms with Gasteiger partial charge in [0.1, 0.15) is 0 Å². The third kappa shape index (κ3) is 3.85. The lowest BCUT2D eigenvalue weighted by Gasteiger charge is -2.43. The maximum atomic E-state index is 12.3. The number of hydrogen-bond acceptors (Lipinski definition) is 3. The average molecular weight is 342 g/mol. The average Bonchev–Trinajstić information content (AvgIpc) is 3.10. The third-order valence-corrected chi connectivity index (χ3v) is 5.39. The fourth-order valence-electron chi connectivity index (χ4n) is 3.05. The van der Waals surface area contributed by atoms with Crippen LogP contribution < -0.4 is 10.6 Å². The van der Waals surface area contributed by atoms with Crippen LogP contribution in [0.4, 0.5) is 0 Å². The zero-order chi connectivity index (χ0) is 16.8. The molecule has 2 amide bonds. The van der Waals surface area contributed by atoms with Gasteiger partial charge >= 0.3 is 0 Å². The Kier molecular flexibility index (Phi) is 5.30. The number of thiophene rings is 1. The largest absolute Gasteiger partial charge is 0.351 e. The van der Waals surface area contributed by atoms with Crippen LogP contribution in [-0.4, -0.2) is 18.4 Å². The second kappa shape index (κ2) is 7.62. The number of rotatable bonds is 7. The summed E-state index contributed by atoms with van der Waals surface area (Å²) in [5, 5.41) is 7.95. The van der Waals surface area contributed by atoms with Crippen molar-refractivity contribution in [1.29, 1.82) is 0 Å². The first-order chi connectivity index (χ1) is 11.7. The minimum atomic E-state index is -0.182. The van der Waals surface area contributed by atoms with E-state index in [4.69, 9.17) is 0 Å². The molecule has 3 rings (SSSR count). The predicted molar refractivity (Wildman–Crippen MR) is 96.0 cm³/mol. The summed E-state index contributed by atoms with van der Waals surface area (Å²) >= 11 is 1.42. The summed E-state index contributed by atoms with van der Waals surface area (Å²) in [5.74, 6) is -0.00548. The monoisotopic (exact) mass is 342 g/mol. The number of carbonyl (C=O) groups excluding carboxylic acids is 2. The molecule has 2 aromatic rings. The molecule has 0 saturated heterocycles. The zero-order valence-corrected chi connectivity index (χ0v) is 14.4. The van der Waals surface area contributed by atoms with Crippen molar-refractivity contribution in [3.05, 3.63) is 58.3 Å². The van der Waals surface area contributed by atoms with Crippen LogP contribution in [0.5, 0.6) is 0 Å².